The Morgan fingerprint density at radius 2 is 1.84 bits per heavy atom. The van der Waals surface area contributed by atoms with E-state index in [0.717, 1.165) is 67.9 Å². The van der Waals surface area contributed by atoms with Gasteiger partial charge >= 0.3 is 0 Å². The van der Waals surface area contributed by atoms with E-state index >= 15 is 0 Å². The molecule has 0 radical (unpaired) electrons. The van der Waals surface area contributed by atoms with Crippen molar-refractivity contribution in [3.05, 3.63) is 59.9 Å². The van der Waals surface area contributed by atoms with Crippen LogP contribution in [-0.2, 0) is 17.8 Å². The predicted octanol–water partition coefficient (Wildman–Crippen LogP) is 5.18. The molecule has 5 heteroatoms. The molecule has 31 heavy (non-hydrogen) atoms. The minimum absolute atomic E-state index is 0.166. The number of carbonyl (C=O) groups excluding carboxylic acids is 1. The molecular formula is C26H33N3O2. The summed E-state index contributed by atoms with van der Waals surface area (Å²) in [5, 5.41) is 0. The lowest BCUT2D eigenvalue weighted by molar-refractivity contribution is -0.127. The average Bonchev–Trinajstić information content (AvgIpc) is 3.35. The third kappa shape index (κ3) is 4.92. The Kier molecular flexibility index (Phi) is 6.90. The molecular weight excluding hydrogens is 386 g/mol. The lowest BCUT2D eigenvalue weighted by Gasteiger charge is -2.17. The van der Waals surface area contributed by atoms with Crippen molar-refractivity contribution in [3.8, 4) is 5.75 Å². The molecule has 1 aliphatic heterocycles. The Labute approximate surface area is 185 Å². The third-order valence-corrected chi connectivity index (χ3v) is 6.17. The standard InChI is InChI=1S/C26H33N3O2/c1-3-5-15-28-19-21(18-25(28)30)26-27-23-9-6-7-10-24(23)29(26)16-8-17-31-22-13-11-20(4-2)12-14-22/h6-7,9-14,21H,3-5,8,15-19H2,1-2H3. The van der Waals surface area contributed by atoms with Gasteiger partial charge in [-0.2, -0.15) is 0 Å². The highest BCUT2D eigenvalue weighted by molar-refractivity contribution is 5.80. The topological polar surface area (TPSA) is 47.4 Å². The molecule has 0 spiro atoms. The number of ether oxygens (including phenoxy) is 1. The number of para-hydroxylation sites is 2. The van der Waals surface area contributed by atoms with Gasteiger partial charge in [0.2, 0.25) is 5.91 Å². The van der Waals surface area contributed by atoms with Gasteiger partial charge in [-0.1, -0.05) is 44.5 Å². The normalized spacial score (nSPS) is 16.4. The van der Waals surface area contributed by atoms with E-state index in [9.17, 15) is 4.79 Å². The zero-order chi connectivity index (χ0) is 21.6. The van der Waals surface area contributed by atoms with Crippen LogP contribution < -0.4 is 4.74 Å². The Morgan fingerprint density at radius 1 is 1.03 bits per heavy atom. The fourth-order valence-electron chi connectivity index (χ4n) is 4.39. The van der Waals surface area contributed by atoms with Gasteiger partial charge in [0.1, 0.15) is 11.6 Å². The van der Waals surface area contributed by atoms with Crippen LogP contribution in [0.5, 0.6) is 5.75 Å². The van der Waals surface area contributed by atoms with Crippen molar-refractivity contribution < 1.29 is 9.53 Å². The number of unbranched alkanes of at least 4 members (excludes halogenated alkanes) is 1. The summed E-state index contributed by atoms with van der Waals surface area (Å²) in [6.45, 7) is 7.45. The summed E-state index contributed by atoms with van der Waals surface area (Å²) in [6, 6.07) is 16.6. The first kappa shape index (κ1) is 21.4. The molecule has 2 heterocycles. The fourth-order valence-corrected chi connectivity index (χ4v) is 4.39. The molecule has 0 aliphatic carbocycles. The summed E-state index contributed by atoms with van der Waals surface area (Å²) < 4.78 is 8.27. The molecule has 0 N–H and O–H groups in total. The van der Waals surface area contributed by atoms with E-state index < -0.39 is 0 Å². The number of hydrogen-bond acceptors (Lipinski definition) is 3. The summed E-state index contributed by atoms with van der Waals surface area (Å²) >= 11 is 0. The van der Waals surface area contributed by atoms with Gasteiger partial charge in [0.05, 0.1) is 17.6 Å². The molecule has 1 aliphatic rings. The van der Waals surface area contributed by atoms with Crippen LogP contribution in [0.3, 0.4) is 0 Å². The molecule has 1 saturated heterocycles. The lowest BCUT2D eigenvalue weighted by Crippen LogP contribution is -2.26. The number of amides is 1. The molecule has 164 valence electrons. The Balaban J connectivity index is 1.44. The molecule has 1 atom stereocenters. The Bertz CT molecular complexity index is 1010. The molecule has 1 fully saturated rings. The van der Waals surface area contributed by atoms with E-state index in [1.165, 1.54) is 5.56 Å². The maximum Gasteiger partial charge on any atom is 0.223 e. The molecule has 5 nitrogen and oxygen atoms in total. The first-order chi connectivity index (χ1) is 15.2. The number of fused-ring (bicyclic) bond motifs is 1. The monoisotopic (exact) mass is 419 g/mol. The van der Waals surface area contributed by atoms with E-state index in [-0.39, 0.29) is 11.8 Å². The van der Waals surface area contributed by atoms with E-state index in [1.807, 2.05) is 23.1 Å². The molecule has 3 aromatic rings. The van der Waals surface area contributed by atoms with Crippen molar-refractivity contribution >= 4 is 16.9 Å². The van der Waals surface area contributed by atoms with Crippen LogP contribution in [0, 0.1) is 0 Å². The summed E-state index contributed by atoms with van der Waals surface area (Å²) in [4.78, 5) is 19.5. The Hall–Kier alpha value is -2.82. The van der Waals surface area contributed by atoms with Crippen molar-refractivity contribution in [2.75, 3.05) is 19.7 Å². The minimum Gasteiger partial charge on any atom is -0.494 e. The maximum absolute atomic E-state index is 12.5. The number of aryl methyl sites for hydroxylation is 2. The summed E-state index contributed by atoms with van der Waals surface area (Å²) in [5.74, 6) is 2.39. The second-order valence-electron chi connectivity index (χ2n) is 8.40. The molecule has 0 bridgehead atoms. The second kappa shape index (κ2) is 9.99. The molecule has 2 aromatic carbocycles. The van der Waals surface area contributed by atoms with Crippen LogP contribution in [0.4, 0.5) is 0 Å². The number of carbonyl (C=O) groups is 1. The van der Waals surface area contributed by atoms with Crippen LogP contribution in [0.15, 0.2) is 48.5 Å². The fraction of sp³-hybridized carbons (Fsp3) is 0.462. The lowest BCUT2D eigenvalue weighted by atomic mass is 10.1. The van der Waals surface area contributed by atoms with Gasteiger partial charge in [0.25, 0.3) is 0 Å². The van der Waals surface area contributed by atoms with Crippen LogP contribution in [-0.4, -0.2) is 40.1 Å². The average molecular weight is 420 g/mol. The van der Waals surface area contributed by atoms with E-state index in [0.29, 0.717) is 13.0 Å². The Morgan fingerprint density at radius 3 is 2.61 bits per heavy atom. The van der Waals surface area contributed by atoms with Gasteiger partial charge in [-0.25, -0.2) is 4.98 Å². The summed E-state index contributed by atoms with van der Waals surface area (Å²) in [5.41, 5.74) is 3.47. The number of aromatic nitrogens is 2. The number of benzene rings is 2. The zero-order valence-electron chi connectivity index (χ0n) is 18.7. The molecule has 1 aromatic heterocycles. The van der Waals surface area contributed by atoms with Crippen molar-refractivity contribution in [3.63, 3.8) is 0 Å². The molecule has 4 rings (SSSR count). The van der Waals surface area contributed by atoms with Gasteiger partial charge in [-0.3, -0.25) is 4.79 Å². The first-order valence-electron chi connectivity index (χ1n) is 11.6. The second-order valence-corrected chi connectivity index (χ2v) is 8.40. The molecule has 1 unspecified atom stereocenters. The maximum atomic E-state index is 12.5. The van der Waals surface area contributed by atoms with Crippen LogP contribution in [0.1, 0.15) is 56.8 Å². The van der Waals surface area contributed by atoms with E-state index in [4.69, 9.17) is 9.72 Å². The highest BCUT2D eigenvalue weighted by Crippen LogP contribution is 2.30. The van der Waals surface area contributed by atoms with E-state index in [1.54, 1.807) is 0 Å². The third-order valence-electron chi connectivity index (χ3n) is 6.17. The predicted molar refractivity (Wildman–Crippen MR) is 125 cm³/mol. The van der Waals surface area contributed by atoms with E-state index in [2.05, 4.69) is 48.7 Å². The van der Waals surface area contributed by atoms with Gasteiger partial charge in [0.15, 0.2) is 0 Å². The smallest absolute Gasteiger partial charge is 0.223 e. The van der Waals surface area contributed by atoms with Crippen molar-refractivity contribution in [2.45, 2.75) is 58.4 Å². The quantitative estimate of drug-likeness (QED) is 0.425. The van der Waals surface area contributed by atoms with Crippen molar-refractivity contribution in [1.82, 2.24) is 14.5 Å². The van der Waals surface area contributed by atoms with Gasteiger partial charge in [-0.15, -0.1) is 0 Å². The van der Waals surface area contributed by atoms with Crippen molar-refractivity contribution in [2.24, 2.45) is 0 Å². The first-order valence-corrected chi connectivity index (χ1v) is 11.6. The number of rotatable bonds is 10. The number of nitrogens with zero attached hydrogens (tertiary/aromatic N) is 3. The largest absolute Gasteiger partial charge is 0.494 e. The highest BCUT2D eigenvalue weighted by atomic mass is 16.5. The number of imidazole rings is 1. The van der Waals surface area contributed by atoms with Gasteiger partial charge in [-0.05, 0) is 49.1 Å². The van der Waals surface area contributed by atoms with Crippen LogP contribution in [0.25, 0.3) is 11.0 Å². The number of likely N-dealkylation sites (tertiary alicyclic amines) is 1. The summed E-state index contributed by atoms with van der Waals surface area (Å²) in [6.07, 6.45) is 4.66. The molecule has 0 saturated carbocycles. The summed E-state index contributed by atoms with van der Waals surface area (Å²) in [7, 11) is 0. The number of hydrogen-bond donors (Lipinski definition) is 0. The van der Waals surface area contributed by atoms with Crippen LogP contribution >= 0.6 is 0 Å². The van der Waals surface area contributed by atoms with Crippen molar-refractivity contribution in [1.29, 1.82) is 0 Å². The van der Waals surface area contributed by atoms with Crippen LogP contribution in [0.2, 0.25) is 0 Å². The SMILES string of the molecule is CCCCN1CC(c2nc3ccccc3n2CCCOc2ccc(CC)cc2)CC1=O. The van der Waals surface area contributed by atoms with Gasteiger partial charge < -0.3 is 14.2 Å². The molecule has 1 amide bonds. The highest BCUT2D eigenvalue weighted by Gasteiger charge is 2.33. The van der Waals surface area contributed by atoms with Gasteiger partial charge in [0, 0.05) is 32.0 Å². The zero-order valence-corrected chi connectivity index (χ0v) is 18.7. The minimum atomic E-state index is 0.166.